The van der Waals surface area contributed by atoms with E-state index < -0.39 is 0 Å². The molecule has 1 aliphatic rings. The summed E-state index contributed by atoms with van der Waals surface area (Å²) in [7, 11) is 0. The van der Waals surface area contributed by atoms with E-state index in [1.165, 1.54) is 16.0 Å². The molecule has 0 saturated heterocycles. The van der Waals surface area contributed by atoms with Crippen LogP contribution in [-0.4, -0.2) is 13.0 Å². The molecule has 1 heterocycles. The molecule has 0 fully saturated rings. The van der Waals surface area contributed by atoms with Gasteiger partial charge in [0.1, 0.15) is 0 Å². The number of hydrogen-bond acceptors (Lipinski definition) is 4. The van der Waals surface area contributed by atoms with E-state index >= 15 is 0 Å². The molecule has 1 aliphatic heterocycles. The third-order valence-corrected chi connectivity index (χ3v) is 4.41. The number of benzene rings is 2. The summed E-state index contributed by atoms with van der Waals surface area (Å²) >= 11 is 1.76. The van der Waals surface area contributed by atoms with Crippen molar-refractivity contribution in [3.8, 4) is 11.5 Å². The molecule has 2 aromatic rings. The molecule has 21 heavy (non-hydrogen) atoms. The van der Waals surface area contributed by atoms with Crippen LogP contribution >= 0.6 is 11.8 Å². The fourth-order valence-electron chi connectivity index (χ4n) is 2.33. The first kappa shape index (κ1) is 14.3. The fraction of sp³-hybridized carbons (Fsp3) is 0.294. The summed E-state index contributed by atoms with van der Waals surface area (Å²) in [5, 5.41) is 3.54. The molecule has 0 bridgehead atoms. The lowest BCUT2D eigenvalue weighted by Gasteiger charge is -2.15. The Kier molecular flexibility index (Phi) is 4.36. The Morgan fingerprint density at radius 3 is 2.62 bits per heavy atom. The highest BCUT2D eigenvalue weighted by Crippen LogP contribution is 2.32. The Hall–Kier alpha value is -1.65. The van der Waals surface area contributed by atoms with E-state index in [1.807, 2.05) is 12.1 Å². The molecule has 1 atom stereocenters. The van der Waals surface area contributed by atoms with Crippen molar-refractivity contribution < 1.29 is 9.47 Å². The number of fused-ring (bicyclic) bond motifs is 1. The second kappa shape index (κ2) is 6.41. The highest BCUT2D eigenvalue weighted by molar-refractivity contribution is 7.98. The van der Waals surface area contributed by atoms with Crippen LogP contribution in [-0.2, 0) is 6.54 Å². The van der Waals surface area contributed by atoms with Gasteiger partial charge < -0.3 is 14.8 Å². The quantitative estimate of drug-likeness (QED) is 0.846. The van der Waals surface area contributed by atoms with Gasteiger partial charge in [-0.15, -0.1) is 11.8 Å². The number of rotatable bonds is 5. The molecule has 1 unspecified atom stereocenters. The van der Waals surface area contributed by atoms with Gasteiger partial charge in [0.2, 0.25) is 6.79 Å². The van der Waals surface area contributed by atoms with E-state index in [0.29, 0.717) is 12.8 Å². The predicted molar refractivity (Wildman–Crippen MR) is 86.0 cm³/mol. The first-order chi connectivity index (χ1) is 10.3. The summed E-state index contributed by atoms with van der Waals surface area (Å²) in [4.78, 5) is 1.29. The Morgan fingerprint density at radius 1 is 1.10 bits per heavy atom. The van der Waals surface area contributed by atoms with Crippen molar-refractivity contribution in [3.63, 3.8) is 0 Å². The Balaban J connectivity index is 1.61. The van der Waals surface area contributed by atoms with E-state index in [1.54, 1.807) is 11.8 Å². The van der Waals surface area contributed by atoms with E-state index in [0.717, 1.165) is 18.0 Å². The molecule has 0 aromatic heterocycles. The minimum Gasteiger partial charge on any atom is -0.454 e. The maximum Gasteiger partial charge on any atom is 0.231 e. The molecular weight excluding hydrogens is 282 g/mol. The molecule has 3 nitrogen and oxygen atoms in total. The summed E-state index contributed by atoms with van der Waals surface area (Å²) in [5.74, 6) is 1.67. The lowest BCUT2D eigenvalue weighted by atomic mass is 10.1. The van der Waals surface area contributed by atoms with E-state index in [2.05, 4.69) is 48.8 Å². The van der Waals surface area contributed by atoms with Crippen LogP contribution in [0, 0.1) is 0 Å². The monoisotopic (exact) mass is 301 g/mol. The number of thioether (sulfide) groups is 1. The van der Waals surface area contributed by atoms with Gasteiger partial charge in [0.15, 0.2) is 11.5 Å². The van der Waals surface area contributed by atoms with Crippen LogP contribution < -0.4 is 14.8 Å². The SMILES string of the molecule is CSc1ccc(C(C)NCc2ccc3c(c2)OCO3)cc1. The average Bonchev–Trinajstić information content (AvgIpc) is 3.00. The van der Waals surface area contributed by atoms with Crippen molar-refractivity contribution in [2.24, 2.45) is 0 Å². The predicted octanol–water partition coefficient (Wildman–Crippen LogP) is 3.99. The molecule has 1 N–H and O–H groups in total. The van der Waals surface area contributed by atoms with Crippen molar-refractivity contribution in [1.29, 1.82) is 0 Å². The second-order valence-electron chi connectivity index (χ2n) is 5.06. The van der Waals surface area contributed by atoms with Gasteiger partial charge in [-0.2, -0.15) is 0 Å². The first-order valence-corrected chi connectivity index (χ1v) is 8.24. The molecule has 4 heteroatoms. The smallest absolute Gasteiger partial charge is 0.231 e. The van der Waals surface area contributed by atoms with Gasteiger partial charge in [-0.3, -0.25) is 0 Å². The summed E-state index contributed by atoms with van der Waals surface area (Å²) in [5.41, 5.74) is 2.50. The van der Waals surface area contributed by atoms with Crippen LogP contribution in [0.15, 0.2) is 47.4 Å². The normalized spacial score (nSPS) is 14.2. The molecule has 0 radical (unpaired) electrons. The van der Waals surface area contributed by atoms with Crippen molar-refractivity contribution in [2.45, 2.75) is 24.4 Å². The van der Waals surface area contributed by atoms with Crippen LogP contribution in [0.4, 0.5) is 0 Å². The highest BCUT2D eigenvalue weighted by Gasteiger charge is 2.13. The zero-order valence-corrected chi connectivity index (χ0v) is 13.1. The number of hydrogen-bond donors (Lipinski definition) is 1. The van der Waals surface area contributed by atoms with Crippen molar-refractivity contribution in [2.75, 3.05) is 13.0 Å². The van der Waals surface area contributed by atoms with Crippen LogP contribution in [0.2, 0.25) is 0 Å². The molecule has 2 aromatic carbocycles. The van der Waals surface area contributed by atoms with Crippen LogP contribution in [0.5, 0.6) is 11.5 Å². The van der Waals surface area contributed by atoms with Crippen molar-refractivity contribution in [3.05, 3.63) is 53.6 Å². The van der Waals surface area contributed by atoms with E-state index in [4.69, 9.17) is 9.47 Å². The van der Waals surface area contributed by atoms with Gasteiger partial charge in [0, 0.05) is 17.5 Å². The third kappa shape index (κ3) is 3.34. The maximum atomic E-state index is 5.40. The molecule has 0 spiro atoms. The molecule has 0 aliphatic carbocycles. The molecule has 3 rings (SSSR count). The summed E-state index contributed by atoms with van der Waals surface area (Å²) in [6.45, 7) is 3.31. The van der Waals surface area contributed by atoms with Gasteiger partial charge in [-0.1, -0.05) is 18.2 Å². The van der Waals surface area contributed by atoms with Crippen LogP contribution in [0.1, 0.15) is 24.1 Å². The van der Waals surface area contributed by atoms with Gasteiger partial charge in [-0.05, 0) is 48.6 Å². The van der Waals surface area contributed by atoms with Crippen LogP contribution in [0.3, 0.4) is 0 Å². The molecule has 0 saturated carbocycles. The summed E-state index contributed by atoms with van der Waals surface area (Å²) < 4.78 is 10.7. The lowest BCUT2D eigenvalue weighted by molar-refractivity contribution is 0.174. The minimum atomic E-state index is 0.311. The Morgan fingerprint density at radius 2 is 1.86 bits per heavy atom. The lowest BCUT2D eigenvalue weighted by Crippen LogP contribution is -2.17. The zero-order valence-electron chi connectivity index (χ0n) is 12.3. The van der Waals surface area contributed by atoms with Crippen LogP contribution in [0.25, 0.3) is 0 Å². The standard InChI is InChI=1S/C17H19NO2S/c1-12(14-4-6-15(21-2)7-5-14)18-10-13-3-8-16-17(9-13)20-11-19-16/h3-9,12,18H,10-11H2,1-2H3. The fourth-order valence-corrected chi connectivity index (χ4v) is 2.74. The van der Waals surface area contributed by atoms with Crippen molar-refractivity contribution in [1.82, 2.24) is 5.32 Å². The largest absolute Gasteiger partial charge is 0.454 e. The average molecular weight is 301 g/mol. The maximum absolute atomic E-state index is 5.40. The Labute approximate surface area is 129 Å². The molecule has 0 amide bonds. The van der Waals surface area contributed by atoms with E-state index in [9.17, 15) is 0 Å². The number of ether oxygens (including phenoxy) is 2. The molecular formula is C17H19NO2S. The van der Waals surface area contributed by atoms with Gasteiger partial charge in [0.05, 0.1) is 0 Å². The molecule has 110 valence electrons. The third-order valence-electron chi connectivity index (χ3n) is 3.67. The zero-order chi connectivity index (χ0) is 14.7. The second-order valence-corrected chi connectivity index (χ2v) is 5.94. The Bertz CT molecular complexity index is 613. The topological polar surface area (TPSA) is 30.5 Å². The van der Waals surface area contributed by atoms with Crippen molar-refractivity contribution >= 4 is 11.8 Å². The summed E-state index contributed by atoms with van der Waals surface area (Å²) in [6, 6.07) is 15.1. The first-order valence-electron chi connectivity index (χ1n) is 7.02. The number of nitrogens with one attached hydrogen (secondary N) is 1. The highest BCUT2D eigenvalue weighted by atomic mass is 32.2. The van der Waals surface area contributed by atoms with Gasteiger partial charge in [-0.25, -0.2) is 0 Å². The minimum absolute atomic E-state index is 0.311. The van der Waals surface area contributed by atoms with Gasteiger partial charge >= 0.3 is 0 Å². The summed E-state index contributed by atoms with van der Waals surface area (Å²) in [6.07, 6.45) is 2.09. The van der Waals surface area contributed by atoms with Gasteiger partial charge in [0.25, 0.3) is 0 Å². The van der Waals surface area contributed by atoms with E-state index in [-0.39, 0.29) is 0 Å².